The molecule has 2 aromatic carbocycles. The zero-order chi connectivity index (χ0) is 22.3. The van der Waals surface area contributed by atoms with Crippen LogP contribution >= 0.6 is 0 Å². The van der Waals surface area contributed by atoms with Crippen molar-refractivity contribution in [3.05, 3.63) is 59.7 Å². The van der Waals surface area contributed by atoms with Crippen LogP contribution in [0.5, 0.6) is 0 Å². The number of nitrogens with one attached hydrogen (secondary N) is 2. The summed E-state index contributed by atoms with van der Waals surface area (Å²) in [6.45, 7) is 8.25. The summed E-state index contributed by atoms with van der Waals surface area (Å²) >= 11 is 0. The van der Waals surface area contributed by atoms with Gasteiger partial charge in [-0.15, -0.1) is 0 Å². The lowest BCUT2D eigenvalue weighted by Gasteiger charge is -2.30. The Balaban J connectivity index is 1.48. The molecule has 0 atom stereocenters. The van der Waals surface area contributed by atoms with Gasteiger partial charge in [-0.3, -0.25) is 9.52 Å². The summed E-state index contributed by atoms with van der Waals surface area (Å²) in [4.78, 5) is 15.1. The summed E-state index contributed by atoms with van der Waals surface area (Å²) in [7, 11) is -3.76. The molecule has 0 aliphatic carbocycles. The fourth-order valence-electron chi connectivity index (χ4n) is 3.69. The molecule has 0 saturated carbocycles. The molecule has 3 rings (SSSR count). The highest BCUT2D eigenvalue weighted by molar-refractivity contribution is 7.92. The van der Waals surface area contributed by atoms with Crippen LogP contribution in [-0.2, 0) is 10.0 Å². The third-order valence-corrected chi connectivity index (χ3v) is 7.15. The number of likely N-dealkylation sites (tertiary alicyclic amines) is 1. The Bertz CT molecular complexity index is 966. The van der Waals surface area contributed by atoms with Crippen LogP contribution in [0.4, 0.5) is 5.69 Å². The van der Waals surface area contributed by atoms with Crippen molar-refractivity contribution in [1.29, 1.82) is 0 Å². The monoisotopic (exact) mass is 443 g/mol. The summed E-state index contributed by atoms with van der Waals surface area (Å²) in [6, 6.07) is 13.3. The highest BCUT2D eigenvalue weighted by Gasteiger charge is 2.17. The molecule has 1 heterocycles. The maximum atomic E-state index is 12.7. The Morgan fingerprint density at radius 2 is 1.77 bits per heavy atom. The topological polar surface area (TPSA) is 78.5 Å². The molecule has 0 bridgehead atoms. The van der Waals surface area contributed by atoms with E-state index in [2.05, 4.69) is 21.9 Å². The second-order valence-electron chi connectivity index (χ2n) is 8.49. The SMILES string of the molecule is Cc1ccc(NS(=O)(=O)c2cccc(C(=O)NCCCCN3CCC(C)CC3)c2)cc1. The number of aryl methyl sites for hydroxylation is 1. The zero-order valence-corrected chi connectivity index (χ0v) is 19.2. The number of benzene rings is 2. The number of carbonyl (C=O) groups excluding carboxylic acids is 1. The van der Waals surface area contributed by atoms with Gasteiger partial charge < -0.3 is 10.2 Å². The normalized spacial score (nSPS) is 15.5. The maximum absolute atomic E-state index is 12.7. The van der Waals surface area contributed by atoms with Crippen molar-refractivity contribution in [2.24, 2.45) is 5.92 Å². The van der Waals surface area contributed by atoms with Crippen LogP contribution < -0.4 is 10.0 Å². The summed E-state index contributed by atoms with van der Waals surface area (Å²) < 4.78 is 27.9. The Morgan fingerprint density at radius 1 is 1.06 bits per heavy atom. The minimum Gasteiger partial charge on any atom is -0.352 e. The first kappa shape index (κ1) is 23.3. The molecular formula is C24H33N3O3S. The zero-order valence-electron chi connectivity index (χ0n) is 18.4. The van der Waals surface area contributed by atoms with Gasteiger partial charge in [0.25, 0.3) is 15.9 Å². The smallest absolute Gasteiger partial charge is 0.261 e. The van der Waals surface area contributed by atoms with Gasteiger partial charge >= 0.3 is 0 Å². The fraction of sp³-hybridized carbons (Fsp3) is 0.458. The number of carbonyl (C=O) groups is 1. The number of amides is 1. The number of piperidine rings is 1. The average Bonchev–Trinajstić information content (AvgIpc) is 2.76. The molecule has 0 unspecified atom stereocenters. The van der Waals surface area contributed by atoms with Crippen LogP contribution in [0.25, 0.3) is 0 Å². The van der Waals surface area contributed by atoms with Crippen LogP contribution in [0.15, 0.2) is 53.4 Å². The van der Waals surface area contributed by atoms with Gasteiger partial charge in [0.05, 0.1) is 4.90 Å². The fourth-order valence-corrected chi connectivity index (χ4v) is 4.79. The molecule has 7 heteroatoms. The van der Waals surface area contributed by atoms with E-state index in [0.717, 1.165) is 30.9 Å². The number of unbranched alkanes of at least 4 members (excludes halogenated alkanes) is 1. The summed E-state index contributed by atoms with van der Waals surface area (Å²) in [6.07, 6.45) is 4.50. The molecule has 6 nitrogen and oxygen atoms in total. The van der Waals surface area contributed by atoms with Crippen LogP contribution in [0.1, 0.15) is 48.5 Å². The molecule has 1 aliphatic heterocycles. The van der Waals surface area contributed by atoms with E-state index < -0.39 is 10.0 Å². The maximum Gasteiger partial charge on any atom is 0.261 e. The minimum atomic E-state index is -3.76. The van der Waals surface area contributed by atoms with E-state index in [1.165, 1.54) is 38.1 Å². The lowest BCUT2D eigenvalue weighted by Crippen LogP contribution is -2.34. The predicted molar refractivity (Wildman–Crippen MR) is 125 cm³/mol. The predicted octanol–water partition coefficient (Wildman–Crippen LogP) is 4.04. The highest BCUT2D eigenvalue weighted by atomic mass is 32.2. The van der Waals surface area contributed by atoms with E-state index in [0.29, 0.717) is 17.8 Å². The van der Waals surface area contributed by atoms with Crippen LogP contribution in [0.2, 0.25) is 0 Å². The Hall–Kier alpha value is -2.38. The molecule has 31 heavy (non-hydrogen) atoms. The first-order valence-electron chi connectivity index (χ1n) is 11.0. The van der Waals surface area contributed by atoms with E-state index >= 15 is 0 Å². The van der Waals surface area contributed by atoms with Gasteiger partial charge in [-0.1, -0.05) is 30.7 Å². The summed E-state index contributed by atoms with van der Waals surface area (Å²) in [5, 5.41) is 2.91. The number of hydrogen-bond donors (Lipinski definition) is 2. The molecule has 1 saturated heterocycles. The van der Waals surface area contributed by atoms with Gasteiger partial charge in [0.2, 0.25) is 0 Å². The van der Waals surface area contributed by atoms with Crippen molar-refractivity contribution in [1.82, 2.24) is 10.2 Å². The number of anilines is 1. The average molecular weight is 444 g/mol. The second-order valence-corrected chi connectivity index (χ2v) is 10.2. The van der Waals surface area contributed by atoms with Crippen LogP contribution in [0.3, 0.4) is 0 Å². The van der Waals surface area contributed by atoms with E-state index in [1.54, 1.807) is 24.3 Å². The number of sulfonamides is 1. The van der Waals surface area contributed by atoms with Crippen molar-refractivity contribution in [2.75, 3.05) is 30.9 Å². The van der Waals surface area contributed by atoms with Crippen molar-refractivity contribution in [3.63, 3.8) is 0 Å². The van der Waals surface area contributed by atoms with Gasteiger partial charge in [0, 0.05) is 17.8 Å². The molecule has 1 amide bonds. The molecular weight excluding hydrogens is 410 g/mol. The van der Waals surface area contributed by atoms with Crippen molar-refractivity contribution < 1.29 is 13.2 Å². The first-order valence-corrected chi connectivity index (χ1v) is 12.5. The lowest BCUT2D eigenvalue weighted by molar-refractivity contribution is 0.0952. The minimum absolute atomic E-state index is 0.0695. The Kier molecular flexibility index (Phi) is 8.09. The van der Waals surface area contributed by atoms with Crippen molar-refractivity contribution in [2.45, 2.75) is 44.4 Å². The van der Waals surface area contributed by atoms with Gasteiger partial charge in [-0.2, -0.15) is 0 Å². The molecule has 0 aromatic heterocycles. The van der Waals surface area contributed by atoms with Crippen LogP contribution in [0, 0.1) is 12.8 Å². The molecule has 168 valence electrons. The molecule has 2 N–H and O–H groups in total. The summed E-state index contributed by atoms with van der Waals surface area (Å²) in [5.41, 5.74) is 1.88. The largest absolute Gasteiger partial charge is 0.352 e. The van der Waals surface area contributed by atoms with Gasteiger partial charge in [-0.05, 0) is 88.5 Å². The molecule has 1 aliphatic rings. The highest BCUT2D eigenvalue weighted by Crippen LogP contribution is 2.18. The number of nitrogens with zero attached hydrogens (tertiary/aromatic N) is 1. The van der Waals surface area contributed by atoms with E-state index in [-0.39, 0.29) is 10.8 Å². The van der Waals surface area contributed by atoms with E-state index in [9.17, 15) is 13.2 Å². The third kappa shape index (κ3) is 7.08. The number of rotatable bonds is 9. The molecule has 1 fully saturated rings. The van der Waals surface area contributed by atoms with Gasteiger partial charge in [0.15, 0.2) is 0 Å². The second kappa shape index (κ2) is 10.8. The van der Waals surface area contributed by atoms with E-state index in [4.69, 9.17) is 0 Å². The lowest BCUT2D eigenvalue weighted by atomic mass is 9.99. The van der Waals surface area contributed by atoms with Crippen molar-refractivity contribution >= 4 is 21.6 Å². The van der Waals surface area contributed by atoms with Gasteiger partial charge in [-0.25, -0.2) is 8.42 Å². The molecule has 2 aromatic rings. The molecule has 0 radical (unpaired) electrons. The Morgan fingerprint density at radius 3 is 2.48 bits per heavy atom. The summed E-state index contributed by atoms with van der Waals surface area (Å²) in [5.74, 6) is 0.585. The standard InChI is InChI=1S/C24H33N3O3S/c1-19-8-10-22(11-9-19)26-31(29,30)23-7-5-6-21(18-23)24(28)25-14-3-4-15-27-16-12-20(2)13-17-27/h5-11,18,20,26H,3-4,12-17H2,1-2H3,(H,25,28). The first-order chi connectivity index (χ1) is 14.8. The third-order valence-electron chi connectivity index (χ3n) is 5.77. The molecule has 0 spiro atoms. The van der Waals surface area contributed by atoms with Crippen molar-refractivity contribution in [3.8, 4) is 0 Å². The quantitative estimate of drug-likeness (QED) is 0.574. The van der Waals surface area contributed by atoms with E-state index in [1.807, 2.05) is 19.1 Å². The Labute approximate surface area is 186 Å². The van der Waals surface area contributed by atoms with Gasteiger partial charge in [0.1, 0.15) is 0 Å². The van der Waals surface area contributed by atoms with Crippen LogP contribution in [-0.4, -0.2) is 45.4 Å². The number of hydrogen-bond acceptors (Lipinski definition) is 4.